The van der Waals surface area contributed by atoms with Crippen LogP contribution < -0.4 is 20.3 Å². The number of nitrogens with zero attached hydrogens (tertiary/aromatic N) is 2. The number of hydrogen-bond donors (Lipinski definition) is 1. The fraction of sp³-hybridized carbons (Fsp3) is 0.308. The van der Waals surface area contributed by atoms with Crippen molar-refractivity contribution in [3.05, 3.63) is 76.7 Å². The van der Waals surface area contributed by atoms with Crippen LogP contribution in [-0.2, 0) is 6.54 Å². The number of urea groups is 1. The molecule has 1 fully saturated rings. The number of aromatic nitrogens is 1. The summed E-state index contributed by atoms with van der Waals surface area (Å²) in [4.78, 5) is 28.2. The Morgan fingerprint density at radius 2 is 1.73 bits per heavy atom. The quantitative estimate of drug-likeness (QED) is 0.654. The van der Waals surface area contributed by atoms with Gasteiger partial charge in [0.25, 0.3) is 5.56 Å². The van der Waals surface area contributed by atoms with Crippen molar-refractivity contribution in [2.24, 2.45) is 5.92 Å². The molecule has 5 rings (SSSR count). The lowest BCUT2D eigenvalue weighted by atomic mass is 9.83. The number of anilines is 1. The third kappa shape index (κ3) is 3.95. The summed E-state index contributed by atoms with van der Waals surface area (Å²) in [5.74, 6) is 1.77. The molecule has 7 heteroatoms. The molecule has 170 valence electrons. The number of fused-ring (bicyclic) bond motifs is 4. The zero-order valence-corrected chi connectivity index (χ0v) is 18.8. The molecule has 2 aliphatic heterocycles. The molecule has 2 aromatic carbocycles. The van der Waals surface area contributed by atoms with Crippen LogP contribution in [0.2, 0.25) is 0 Å². The zero-order chi connectivity index (χ0) is 22.9. The van der Waals surface area contributed by atoms with Crippen LogP contribution in [0.15, 0.2) is 65.5 Å². The average Bonchev–Trinajstić information content (AvgIpc) is 2.85. The number of pyridine rings is 1. The lowest BCUT2D eigenvalue weighted by Crippen LogP contribution is -2.50. The number of benzene rings is 2. The molecule has 2 aliphatic rings. The van der Waals surface area contributed by atoms with Crippen LogP contribution in [-0.4, -0.2) is 42.8 Å². The lowest BCUT2D eigenvalue weighted by molar-refractivity contribution is 0.139. The first-order valence-corrected chi connectivity index (χ1v) is 11.1. The predicted molar refractivity (Wildman–Crippen MR) is 127 cm³/mol. The number of amides is 2. The van der Waals surface area contributed by atoms with Crippen molar-refractivity contribution in [3.63, 3.8) is 0 Å². The van der Waals surface area contributed by atoms with Gasteiger partial charge in [0.05, 0.1) is 19.9 Å². The van der Waals surface area contributed by atoms with E-state index in [4.69, 9.17) is 9.47 Å². The number of rotatable bonds is 4. The number of ether oxygens (including phenoxy) is 2. The smallest absolute Gasteiger partial charge is 0.321 e. The first kappa shape index (κ1) is 21.1. The summed E-state index contributed by atoms with van der Waals surface area (Å²) in [6.45, 7) is 1.82. The van der Waals surface area contributed by atoms with Gasteiger partial charge in [-0.05, 0) is 54.3 Å². The molecular formula is C26H27N3O4. The largest absolute Gasteiger partial charge is 0.497 e. The molecule has 0 aliphatic carbocycles. The number of carbonyl (C=O) groups excluding carboxylic acids is 1. The van der Waals surface area contributed by atoms with E-state index < -0.39 is 0 Å². The Morgan fingerprint density at radius 1 is 0.939 bits per heavy atom. The number of likely N-dealkylation sites (tertiary alicyclic amines) is 1. The molecule has 2 atom stereocenters. The van der Waals surface area contributed by atoms with E-state index >= 15 is 0 Å². The molecule has 1 aromatic heterocycles. The zero-order valence-electron chi connectivity index (χ0n) is 18.8. The number of para-hydroxylation sites is 2. The molecule has 2 amide bonds. The predicted octanol–water partition coefficient (Wildman–Crippen LogP) is 4.18. The third-order valence-electron chi connectivity index (χ3n) is 6.64. The van der Waals surface area contributed by atoms with Gasteiger partial charge in [-0.1, -0.05) is 24.3 Å². The van der Waals surface area contributed by atoms with Crippen molar-refractivity contribution in [2.75, 3.05) is 32.6 Å². The van der Waals surface area contributed by atoms with Gasteiger partial charge in [-0.2, -0.15) is 0 Å². The fourth-order valence-corrected chi connectivity index (χ4v) is 5.04. The Bertz CT molecular complexity index is 1240. The van der Waals surface area contributed by atoms with Gasteiger partial charge < -0.3 is 24.3 Å². The van der Waals surface area contributed by atoms with Crippen molar-refractivity contribution >= 4 is 11.7 Å². The van der Waals surface area contributed by atoms with Gasteiger partial charge in [0.1, 0.15) is 11.5 Å². The first-order chi connectivity index (χ1) is 16.1. The van der Waals surface area contributed by atoms with E-state index in [2.05, 4.69) is 5.32 Å². The van der Waals surface area contributed by atoms with Crippen LogP contribution >= 0.6 is 0 Å². The molecule has 0 radical (unpaired) electrons. The van der Waals surface area contributed by atoms with Crippen molar-refractivity contribution in [1.82, 2.24) is 9.47 Å². The molecule has 33 heavy (non-hydrogen) atoms. The average molecular weight is 446 g/mol. The SMILES string of the molecule is COc1ccc(-c2ccc3n(c2=O)C[C@H]2C[C@@H]3CN(C(=O)Nc3ccccc3OC)C2)cc1. The van der Waals surface area contributed by atoms with Gasteiger partial charge in [0, 0.05) is 36.8 Å². The van der Waals surface area contributed by atoms with Gasteiger partial charge in [-0.15, -0.1) is 0 Å². The van der Waals surface area contributed by atoms with Gasteiger partial charge in [0.2, 0.25) is 0 Å². The topological polar surface area (TPSA) is 72.8 Å². The molecule has 2 bridgehead atoms. The Hall–Kier alpha value is -3.74. The Kier molecular flexibility index (Phi) is 5.54. The minimum absolute atomic E-state index is 0.0271. The van der Waals surface area contributed by atoms with Gasteiger partial charge in [-0.25, -0.2) is 4.79 Å². The highest BCUT2D eigenvalue weighted by Crippen LogP contribution is 2.36. The van der Waals surface area contributed by atoms with Gasteiger partial charge >= 0.3 is 6.03 Å². The molecule has 0 spiro atoms. The van der Waals surface area contributed by atoms with Gasteiger partial charge in [-0.3, -0.25) is 4.79 Å². The maximum atomic E-state index is 13.4. The highest BCUT2D eigenvalue weighted by atomic mass is 16.5. The Balaban J connectivity index is 1.38. The second-order valence-corrected chi connectivity index (χ2v) is 8.65. The molecule has 1 N–H and O–H groups in total. The summed E-state index contributed by atoms with van der Waals surface area (Å²) < 4.78 is 12.5. The number of carbonyl (C=O) groups is 1. The van der Waals surface area contributed by atoms with E-state index in [0.717, 1.165) is 23.4 Å². The van der Waals surface area contributed by atoms with E-state index in [1.165, 1.54) is 0 Å². The Morgan fingerprint density at radius 3 is 2.48 bits per heavy atom. The van der Waals surface area contributed by atoms with Crippen molar-refractivity contribution in [3.8, 4) is 22.6 Å². The number of piperidine rings is 1. The van der Waals surface area contributed by atoms with E-state index in [0.29, 0.717) is 36.6 Å². The number of hydrogen-bond acceptors (Lipinski definition) is 4. The highest BCUT2D eigenvalue weighted by Gasteiger charge is 2.37. The second kappa shape index (κ2) is 8.65. The van der Waals surface area contributed by atoms with Crippen molar-refractivity contribution < 1.29 is 14.3 Å². The lowest BCUT2D eigenvalue weighted by Gasteiger charge is -2.42. The molecular weight excluding hydrogens is 418 g/mol. The molecule has 0 unspecified atom stereocenters. The minimum atomic E-state index is -0.139. The summed E-state index contributed by atoms with van der Waals surface area (Å²) in [5, 5.41) is 2.98. The van der Waals surface area contributed by atoms with E-state index in [1.807, 2.05) is 70.1 Å². The summed E-state index contributed by atoms with van der Waals surface area (Å²) in [6.07, 6.45) is 0.986. The fourth-order valence-electron chi connectivity index (χ4n) is 5.04. The standard InChI is InChI=1S/C26H27N3O4/c1-32-20-9-7-18(8-10-20)21-11-12-23-19-13-17(15-29(23)25(21)30)14-28(16-19)26(31)27-22-5-3-4-6-24(22)33-2/h3-12,17,19H,13-16H2,1-2H3,(H,27,31)/t17-,19+/m0/s1. The highest BCUT2D eigenvalue weighted by molar-refractivity contribution is 5.91. The van der Waals surface area contributed by atoms with E-state index in [9.17, 15) is 9.59 Å². The minimum Gasteiger partial charge on any atom is -0.497 e. The number of methoxy groups -OCH3 is 2. The summed E-state index contributed by atoms with van der Waals surface area (Å²) in [7, 11) is 3.21. The monoisotopic (exact) mass is 445 g/mol. The normalized spacial score (nSPS) is 18.9. The van der Waals surface area contributed by atoms with E-state index in [-0.39, 0.29) is 23.4 Å². The third-order valence-corrected chi connectivity index (χ3v) is 6.64. The molecule has 3 aromatic rings. The molecule has 7 nitrogen and oxygen atoms in total. The summed E-state index contributed by atoms with van der Waals surface area (Å²) >= 11 is 0. The molecule has 1 saturated heterocycles. The van der Waals surface area contributed by atoms with Crippen LogP contribution in [0.1, 0.15) is 18.0 Å². The molecule has 0 saturated carbocycles. The molecule has 3 heterocycles. The second-order valence-electron chi connectivity index (χ2n) is 8.65. The summed E-state index contributed by atoms with van der Waals surface area (Å²) in [5.41, 5.74) is 3.25. The first-order valence-electron chi connectivity index (χ1n) is 11.1. The van der Waals surface area contributed by atoms with Gasteiger partial charge in [0.15, 0.2) is 0 Å². The Labute approximate surface area is 192 Å². The number of nitrogens with one attached hydrogen (secondary N) is 1. The van der Waals surface area contributed by atoms with Crippen molar-refractivity contribution in [1.29, 1.82) is 0 Å². The van der Waals surface area contributed by atoms with Crippen LogP contribution in [0.3, 0.4) is 0 Å². The maximum absolute atomic E-state index is 13.4. The maximum Gasteiger partial charge on any atom is 0.321 e. The van der Waals surface area contributed by atoms with Crippen LogP contribution in [0, 0.1) is 5.92 Å². The van der Waals surface area contributed by atoms with E-state index in [1.54, 1.807) is 14.2 Å². The van der Waals surface area contributed by atoms with Crippen LogP contribution in [0.25, 0.3) is 11.1 Å². The van der Waals surface area contributed by atoms with Crippen LogP contribution in [0.5, 0.6) is 11.5 Å². The van der Waals surface area contributed by atoms with Crippen molar-refractivity contribution in [2.45, 2.75) is 18.9 Å². The van der Waals surface area contributed by atoms with Crippen LogP contribution in [0.4, 0.5) is 10.5 Å². The summed E-state index contributed by atoms with van der Waals surface area (Å²) in [6, 6.07) is 18.8.